The topological polar surface area (TPSA) is 91.3 Å². The van der Waals surface area contributed by atoms with Crippen LogP contribution < -0.4 is 11.2 Å². The van der Waals surface area contributed by atoms with Gasteiger partial charge in [-0.25, -0.2) is 4.79 Å². The SMILES string of the molecule is CCN1CCN(C(=O)c2c[nH]c(=O)n(Cc3ccccn3)c2=O)CC1. The van der Waals surface area contributed by atoms with E-state index in [9.17, 15) is 14.4 Å². The van der Waals surface area contributed by atoms with Crippen molar-refractivity contribution >= 4 is 5.91 Å². The first-order valence-corrected chi connectivity index (χ1v) is 8.34. The number of piperazine rings is 1. The van der Waals surface area contributed by atoms with Gasteiger partial charge in [0, 0.05) is 38.6 Å². The Kier molecular flexibility index (Phi) is 5.08. The second kappa shape index (κ2) is 7.43. The summed E-state index contributed by atoms with van der Waals surface area (Å²) >= 11 is 0. The van der Waals surface area contributed by atoms with E-state index >= 15 is 0 Å². The smallest absolute Gasteiger partial charge is 0.328 e. The Hall–Kier alpha value is -2.74. The fourth-order valence-electron chi connectivity index (χ4n) is 2.90. The molecule has 3 rings (SSSR count). The molecular weight excluding hydrogens is 322 g/mol. The summed E-state index contributed by atoms with van der Waals surface area (Å²) in [6.07, 6.45) is 2.81. The number of carbonyl (C=O) groups is 1. The Balaban J connectivity index is 1.85. The van der Waals surface area contributed by atoms with Crippen molar-refractivity contribution in [2.45, 2.75) is 13.5 Å². The van der Waals surface area contributed by atoms with Gasteiger partial charge in [-0.15, -0.1) is 0 Å². The van der Waals surface area contributed by atoms with E-state index in [4.69, 9.17) is 0 Å². The van der Waals surface area contributed by atoms with Crippen LogP contribution in [0, 0.1) is 0 Å². The minimum atomic E-state index is -0.586. The van der Waals surface area contributed by atoms with Gasteiger partial charge in [-0.2, -0.15) is 0 Å². The number of hydrogen-bond acceptors (Lipinski definition) is 5. The third-order valence-electron chi connectivity index (χ3n) is 4.44. The van der Waals surface area contributed by atoms with Gasteiger partial charge < -0.3 is 14.8 Å². The molecule has 0 unspecified atom stereocenters. The molecule has 0 saturated carbocycles. The predicted octanol–water partition coefficient (Wildman–Crippen LogP) is -0.242. The highest BCUT2D eigenvalue weighted by molar-refractivity contribution is 5.93. The highest BCUT2D eigenvalue weighted by atomic mass is 16.2. The molecule has 1 aliphatic rings. The van der Waals surface area contributed by atoms with Gasteiger partial charge in [0.1, 0.15) is 5.56 Å². The molecule has 132 valence electrons. The number of rotatable bonds is 4. The van der Waals surface area contributed by atoms with Gasteiger partial charge in [-0.1, -0.05) is 13.0 Å². The van der Waals surface area contributed by atoms with E-state index < -0.39 is 11.2 Å². The maximum Gasteiger partial charge on any atom is 0.328 e. The first kappa shape index (κ1) is 17.1. The van der Waals surface area contributed by atoms with E-state index in [2.05, 4.69) is 21.8 Å². The molecule has 25 heavy (non-hydrogen) atoms. The minimum absolute atomic E-state index is 0.0134. The number of carbonyl (C=O) groups excluding carboxylic acids is 1. The van der Waals surface area contributed by atoms with Crippen molar-refractivity contribution in [3.05, 3.63) is 62.7 Å². The third kappa shape index (κ3) is 3.69. The van der Waals surface area contributed by atoms with Crippen LogP contribution in [0.1, 0.15) is 23.0 Å². The van der Waals surface area contributed by atoms with Crippen molar-refractivity contribution in [2.24, 2.45) is 0 Å². The van der Waals surface area contributed by atoms with E-state index in [1.807, 2.05) is 0 Å². The van der Waals surface area contributed by atoms with Crippen LogP contribution in [0.3, 0.4) is 0 Å². The van der Waals surface area contributed by atoms with Crippen LogP contribution in [0.25, 0.3) is 0 Å². The summed E-state index contributed by atoms with van der Waals surface area (Å²) in [5.74, 6) is -0.341. The molecule has 0 radical (unpaired) electrons. The lowest BCUT2D eigenvalue weighted by Gasteiger charge is -2.33. The molecule has 0 atom stereocenters. The zero-order chi connectivity index (χ0) is 17.8. The number of H-pyrrole nitrogens is 1. The van der Waals surface area contributed by atoms with Gasteiger partial charge in [0.15, 0.2) is 0 Å². The van der Waals surface area contributed by atoms with E-state index in [0.717, 1.165) is 24.2 Å². The van der Waals surface area contributed by atoms with Crippen LogP contribution in [-0.4, -0.2) is 63.0 Å². The highest BCUT2D eigenvalue weighted by Crippen LogP contribution is 2.05. The second-order valence-corrected chi connectivity index (χ2v) is 5.95. The fourth-order valence-corrected chi connectivity index (χ4v) is 2.90. The maximum atomic E-state index is 12.7. The lowest BCUT2D eigenvalue weighted by atomic mass is 10.2. The molecular formula is C17H21N5O3. The third-order valence-corrected chi connectivity index (χ3v) is 4.44. The van der Waals surface area contributed by atoms with Crippen molar-refractivity contribution in [1.82, 2.24) is 24.3 Å². The summed E-state index contributed by atoms with van der Waals surface area (Å²) < 4.78 is 1.01. The summed E-state index contributed by atoms with van der Waals surface area (Å²) in [5, 5.41) is 0. The van der Waals surface area contributed by atoms with Crippen LogP contribution in [0.2, 0.25) is 0 Å². The Morgan fingerprint density at radius 3 is 2.60 bits per heavy atom. The number of likely N-dealkylation sites (N-methyl/N-ethyl adjacent to an activating group) is 1. The zero-order valence-corrected chi connectivity index (χ0v) is 14.1. The molecule has 3 heterocycles. The van der Waals surface area contributed by atoms with Gasteiger partial charge in [0.25, 0.3) is 11.5 Å². The van der Waals surface area contributed by atoms with Crippen molar-refractivity contribution < 1.29 is 4.79 Å². The number of pyridine rings is 1. The number of aromatic nitrogens is 3. The lowest BCUT2D eigenvalue weighted by Crippen LogP contribution is -2.50. The van der Waals surface area contributed by atoms with E-state index in [0.29, 0.717) is 18.8 Å². The number of nitrogens with one attached hydrogen (secondary N) is 1. The number of amides is 1. The predicted molar refractivity (Wildman–Crippen MR) is 92.7 cm³/mol. The number of hydrogen-bond donors (Lipinski definition) is 1. The molecule has 0 spiro atoms. The first-order valence-electron chi connectivity index (χ1n) is 8.34. The normalized spacial score (nSPS) is 15.3. The van der Waals surface area contributed by atoms with Crippen LogP contribution in [0.4, 0.5) is 0 Å². The van der Waals surface area contributed by atoms with Crippen LogP contribution in [-0.2, 0) is 6.54 Å². The second-order valence-electron chi connectivity index (χ2n) is 5.95. The molecule has 1 aliphatic heterocycles. The molecule has 1 N–H and O–H groups in total. The van der Waals surface area contributed by atoms with Crippen molar-refractivity contribution in [3.63, 3.8) is 0 Å². The monoisotopic (exact) mass is 343 g/mol. The molecule has 0 bridgehead atoms. The molecule has 8 nitrogen and oxygen atoms in total. The van der Waals surface area contributed by atoms with Gasteiger partial charge in [-0.3, -0.25) is 19.1 Å². The fraction of sp³-hybridized carbons (Fsp3) is 0.412. The maximum absolute atomic E-state index is 12.7. The minimum Gasteiger partial charge on any atom is -0.336 e. The number of nitrogens with zero attached hydrogens (tertiary/aromatic N) is 4. The average Bonchev–Trinajstić information content (AvgIpc) is 2.65. The lowest BCUT2D eigenvalue weighted by molar-refractivity contribution is 0.0640. The summed E-state index contributed by atoms with van der Waals surface area (Å²) in [7, 11) is 0. The summed E-state index contributed by atoms with van der Waals surface area (Å²) in [4.78, 5) is 47.9. The molecule has 0 aromatic carbocycles. The zero-order valence-electron chi connectivity index (χ0n) is 14.1. The van der Waals surface area contributed by atoms with Crippen molar-refractivity contribution in [3.8, 4) is 0 Å². The Labute approximate surface area is 144 Å². The first-order chi connectivity index (χ1) is 12.1. The van der Waals surface area contributed by atoms with Crippen molar-refractivity contribution in [2.75, 3.05) is 32.7 Å². The van der Waals surface area contributed by atoms with E-state index in [-0.39, 0.29) is 18.0 Å². The molecule has 8 heteroatoms. The summed E-state index contributed by atoms with van der Waals surface area (Å²) in [5.41, 5.74) is -0.572. The van der Waals surface area contributed by atoms with Crippen LogP contribution in [0.15, 0.2) is 40.2 Å². The molecule has 1 fully saturated rings. The van der Waals surface area contributed by atoms with E-state index in [1.165, 1.54) is 6.20 Å². The molecule has 1 saturated heterocycles. The van der Waals surface area contributed by atoms with Crippen molar-refractivity contribution in [1.29, 1.82) is 0 Å². The van der Waals surface area contributed by atoms with Gasteiger partial charge in [0.05, 0.1) is 12.2 Å². The molecule has 2 aromatic heterocycles. The molecule has 2 aromatic rings. The highest BCUT2D eigenvalue weighted by Gasteiger charge is 2.24. The Bertz CT molecular complexity index is 851. The van der Waals surface area contributed by atoms with Crippen LogP contribution >= 0.6 is 0 Å². The number of aromatic amines is 1. The molecule has 0 aliphatic carbocycles. The Morgan fingerprint density at radius 2 is 1.96 bits per heavy atom. The van der Waals surface area contributed by atoms with Gasteiger partial charge in [0.2, 0.25) is 0 Å². The van der Waals surface area contributed by atoms with Crippen LogP contribution in [0.5, 0.6) is 0 Å². The summed E-state index contributed by atoms with van der Waals surface area (Å²) in [6.45, 7) is 5.77. The average molecular weight is 343 g/mol. The van der Waals surface area contributed by atoms with E-state index in [1.54, 1.807) is 29.3 Å². The molecule has 1 amide bonds. The quantitative estimate of drug-likeness (QED) is 0.827. The largest absolute Gasteiger partial charge is 0.336 e. The Morgan fingerprint density at radius 1 is 1.20 bits per heavy atom. The van der Waals surface area contributed by atoms with Gasteiger partial charge in [-0.05, 0) is 18.7 Å². The van der Waals surface area contributed by atoms with Gasteiger partial charge >= 0.3 is 5.69 Å². The summed E-state index contributed by atoms with van der Waals surface area (Å²) in [6, 6.07) is 5.26. The standard InChI is InChI=1S/C17H21N5O3/c1-2-20-7-9-21(10-8-20)15(23)14-11-19-17(25)22(16(14)24)12-13-5-3-4-6-18-13/h3-6,11H,2,7-10,12H2,1H3,(H,19,25).